The first-order valence-electron chi connectivity index (χ1n) is 8.47. The van der Waals surface area contributed by atoms with Crippen LogP contribution in [0.3, 0.4) is 0 Å². The van der Waals surface area contributed by atoms with Crippen LogP contribution in [-0.4, -0.2) is 27.6 Å². The van der Waals surface area contributed by atoms with Gasteiger partial charge in [-0.25, -0.2) is 4.98 Å². The zero-order chi connectivity index (χ0) is 18.6. The molecule has 2 aromatic rings. The van der Waals surface area contributed by atoms with E-state index in [-0.39, 0.29) is 11.9 Å². The minimum absolute atomic E-state index is 0.146. The summed E-state index contributed by atoms with van der Waals surface area (Å²) in [7, 11) is 0. The molecule has 0 radical (unpaired) electrons. The quantitative estimate of drug-likeness (QED) is 0.710. The van der Waals surface area contributed by atoms with Gasteiger partial charge in [0.25, 0.3) is 5.91 Å². The van der Waals surface area contributed by atoms with Gasteiger partial charge in [0.2, 0.25) is 0 Å². The molecule has 5 nitrogen and oxygen atoms in total. The first-order chi connectivity index (χ1) is 12.4. The smallest absolute Gasteiger partial charge is 0.253 e. The summed E-state index contributed by atoms with van der Waals surface area (Å²) in [5.41, 5.74) is 5.61. The van der Waals surface area contributed by atoms with Crippen molar-refractivity contribution in [3.05, 3.63) is 58.7 Å². The van der Waals surface area contributed by atoms with Gasteiger partial charge in [0, 0.05) is 29.2 Å². The van der Waals surface area contributed by atoms with Crippen LogP contribution in [0, 0.1) is 11.8 Å². The highest BCUT2D eigenvalue weighted by molar-refractivity contribution is 6.30. The van der Waals surface area contributed by atoms with Crippen LogP contribution in [0.1, 0.15) is 41.6 Å². The lowest BCUT2D eigenvalue weighted by Crippen LogP contribution is -2.45. The molecule has 4 N–H and O–H groups in total. The van der Waals surface area contributed by atoms with Gasteiger partial charge in [0.1, 0.15) is 11.4 Å². The fourth-order valence-corrected chi connectivity index (χ4v) is 3.24. The molecule has 1 saturated carbocycles. The molecule has 1 aromatic carbocycles. The zero-order valence-electron chi connectivity index (χ0n) is 14.2. The average Bonchev–Trinajstić information content (AvgIpc) is 2.61. The van der Waals surface area contributed by atoms with Gasteiger partial charge in [-0.15, -0.1) is 0 Å². The number of nitrogens with two attached hydrogens (primary N) is 1. The Morgan fingerprint density at radius 2 is 2.23 bits per heavy atom. The SMILES string of the molecule is Nc1ccc(C(=O)N[C@H]2CCC[C@@](O)(C#Cc3cccc(Cl)c3)C2)cn1. The summed E-state index contributed by atoms with van der Waals surface area (Å²) in [4.78, 5) is 16.3. The van der Waals surface area contributed by atoms with Crippen molar-refractivity contribution in [1.82, 2.24) is 10.3 Å². The molecule has 1 fully saturated rings. The molecule has 1 aliphatic rings. The Hall–Kier alpha value is -2.55. The second-order valence-electron chi connectivity index (χ2n) is 6.53. The van der Waals surface area contributed by atoms with E-state index in [2.05, 4.69) is 22.1 Å². The van der Waals surface area contributed by atoms with Gasteiger partial charge in [0.15, 0.2) is 0 Å². The lowest BCUT2D eigenvalue weighted by atomic mass is 9.82. The van der Waals surface area contributed by atoms with E-state index in [4.69, 9.17) is 17.3 Å². The van der Waals surface area contributed by atoms with Gasteiger partial charge in [-0.05, 0) is 49.6 Å². The van der Waals surface area contributed by atoms with E-state index < -0.39 is 5.60 Å². The molecule has 0 saturated heterocycles. The number of carbonyl (C=O) groups is 1. The summed E-state index contributed by atoms with van der Waals surface area (Å²) in [6.07, 6.45) is 3.99. The number of aliphatic hydroxyl groups is 1. The van der Waals surface area contributed by atoms with Gasteiger partial charge < -0.3 is 16.2 Å². The Morgan fingerprint density at radius 3 is 2.96 bits per heavy atom. The van der Waals surface area contributed by atoms with Crippen molar-refractivity contribution in [2.75, 3.05) is 5.73 Å². The molecule has 1 aromatic heterocycles. The van der Waals surface area contributed by atoms with Gasteiger partial charge in [-0.2, -0.15) is 0 Å². The van der Waals surface area contributed by atoms with Gasteiger partial charge >= 0.3 is 0 Å². The number of anilines is 1. The maximum absolute atomic E-state index is 12.3. The number of pyridine rings is 1. The molecule has 0 aliphatic heterocycles. The van der Waals surface area contributed by atoms with Crippen LogP contribution in [0.5, 0.6) is 0 Å². The van der Waals surface area contributed by atoms with Crippen LogP contribution < -0.4 is 11.1 Å². The van der Waals surface area contributed by atoms with Crippen LogP contribution in [0.2, 0.25) is 5.02 Å². The van der Waals surface area contributed by atoms with Crippen molar-refractivity contribution in [3.63, 3.8) is 0 Å². The van der Waals surface area contributed by atoms with E-state index >= 15 is 0 Å². The van der Waals surface area contributed by atoms with Gasteiger partial charge in [-0.1, -0.05) is 29.5 Å². The average molecular weight is 370 g/mol. The summed E-state index contributed by atoms with van der Waals surface area (Å²) in [5.74, 6) is 6.08. The number of nitrogens with one attached hydrogen (secondary N) is 1. The molecule has 0 spiro atoms. The number of nitrogens with zero attached hydrogens (tertiary/aromatic N) is 1. The molecule has 1 heterocycles. The van der Waals surface area contributed by atoms with Crippen LogP contribution in [-0.2, 0) is 0 Å². The van der Waals surface area contributed by atoms with Gasteiger partial charge in [0.05, 0.1) is 5.56 Å². The van der Waals surface area contributed by atoms with E-state index in [0.29, 0.717) is 29.2 Å². The topological polar surface area (TPSA) is 88.2 Å². The minimum Gasteiger partial charge on any atom is -0.384 e. The predicted molar refractivity (Wildman–Crippen MR) is 102 cm³/mol. The Balaban J connectivity index is 1.66. The molecular weight excluding hydrogens is 350 g/mol. The number of benzene rings is 1. The largest absolute Gasteiger partial charge is 0.384 e. The molecule has 134 valence electrons. The third-order valence-corrected chi connectivity index (χ3v) is 4.61. The van der Waals surface area contributed by atoms with Gasteiger partial charge in [-0.3, -0.25) is 4.79 Å². The Kier molecular flexibility index (Phi) is 5.46. The zero-order valence-corrected chi connectivity index (χ0v) is 15.0. The van der Waals surface area contributed by atoms with E-state index in [0.717, 1.165) is 18.4 Å². The number of amides is 1. The predicted octanol–water partition coefficient (Wildman–Crippen LogP) is 2.77. The Morgan fingerprint density at radius 1 is 1.38 bits per heavy atom. The van der Waals surface area contributed by atoms with Crippen LogP contribution in [0.4, 0.5) is 5.82 Å². The maximum atomic E-state index is 12.3. The molecular formula is C20H20ClN3O2. The molecule has 0 bridgehead atoms. The fraction of sp³-hybridized carbons (Fsp3) is 0.300. The fourth-order valence-electron chi connectivity index (χ4n) is 3.05. The summed E-state index contributed by atoms with van der Waals surface area (Å²) >= 11 is 5.96. The van der Waals surface area contributed by atoms with Crippen LogP contribution >= 0.6 is 11.6 Å². The number of rotatable bonds is 2. The summed E-state index contributed by atoms with van der Waals surface area (Å²) < 4.78 is 0. The van der Waals surface area contributed by atoms with Crippen molar-refractivity contribution in [1.29, 1.82) is 0 Å². The summed E-state index contributed by atoms with van der Waals surface area (Å²) in [6, 6.07) is 10.3. The van der Waals surface area contributed by atoms with Crippen molar-refractivity contribution in [2.24, 2.45) is 0 Å². The second-order valence-corrected chi connectivity index (χ2v) is 6.97. The molecule has 0 unspecified atom stereocenters. The number of nitrogen functional groups attached to an aromatic ring is 1. The third kappa shape index (κ3) is 4.75. The first kappa shape index (κ1) is 18.2. The summed E-state index contributed by atoms with van der Waals surface area (Å²) in [6.45, 7) is 0. The number of carbonyl (C=O) groups excluding carboxylic acids is 1. The van der Waals surface area contributed by atoms with Crippen LogP contribution in [0.25, 0.3) is 0 Å². The van der Waals surface area contributed by atoms with E-state index in [1.54, 1.807) is 24.3 Å². The van der Waals surface area contributed by atoms with Crippen molar-refractivity contribution in [3.8, 4) is 11.8 Å². The second kappa shape index (κ2) is 7.77. The minimum atomic E-state index is -1.13. The standard InChI is InChI=1S/C20H20ClN3O2/c21-16-4-1-3-14(11-16)8-10-20(26)9-2-5-17(12-20)24-19(25)15-6-7-18(22)23-13-15/h1,3-4,6-7,11,13,17,26H,2,5,9,12H2,(H2,22,23)(H,24,25)/t17-,20+/m0/s1. The molecule has 2 atom stereocenters. The molecule has 1 aliphatic carbocycles. The van der Waals surface area contributed by atoms with E-state index in [9.17, 15) is 9.90 Å². The third-order valence-electron chi connectivity index (χ3n) is 4.37. The van der Waals surface area contributed by atoms with E-state index in [1.165, 1.54) is 6.20 Å². The Labute approximate surface area is 157 Å². The highest BCUT2D eigenvalue weighted by atomic mass is 35.5. The normalized spacial score (nSPS) is 22.2. The van der Waals surface area contributed by atoms with Crippen molar-refractivity contribution in [2.45, 2.75) is 37.3 Å². The maximum Gasteiger partial charge on any atom is 0.253 e. The highest BCUT2D eigenvalue weighted by Gasteiger charge is 2.33. The Bertz CT molecular complexity index is 857. The molecule has 26 heavy (non-hydrogen) atoms. The number of hydrogen-bond donors (Lipinski definition) is 3. The van der Waals surface area contributed by atoms with Crippen molar-refractivity contribution >= 4 is 23.3 Å². The van der Waals surface area contributed by atoms with Crippen LogP contribution in [0.15, 0.2) is 42.6 Å². The first-order valence-corrected chi connectivity index (χ1v) is 8.85. The monoisotopic (exact) mass is 369 g/mol. The van der Waals surface area contributed by atoms with Crippen molar-refractivity contribution < 1.29 is 9.90 Å². The summed E-state index contributed by atoms with van der Waals surface area (Å²) in [5, 5.41) is 14.4. The van der Waals surface area contributed by atoms with E-state index in [1.807, 2.05) is 12.1 Å². The molecule has 3 rings (SSSR count). The molecule has 6 heteroatoms. The number of aromatic nitrogens is 1. The molecule has 1 amide bonds. The highest BCUT2D eigenvalue weighted by Crippen LogP contribution is 2.28. The number of hydrogen-bond acceptors (Lipinski definition) is 4. The lowest BCUT2D eigenvalue weighted by Gasteiger charge is -2.33. The number of halogens is 1. The lowest BCUT2D eigenvalue weighted by molar-refractivity contribution is 0.0452.